The van der Waals surface area contributed by atoms with Crippen molar-refractivity contribution in [3.8, 4) is 0 Å². The SMILES string of the molecule is Clc1nc(Nc2cc[nH]n2)n2cccc2n1. The lowest BCUT2D eigenvalue weighted by molar-refractivity contribution is 1.02. The number of aromatic amines is 1. The van der Waals surface area contributed by atoms with Gasteiger partial charge in [0.25, 0.3) is 0 Å². The van der Waals surface area contributed by atoms with Gasteiger partial charge in [-0.05, 0) is 23.7 Å². The van der Waals surface area contributed by atoms with E-state index in [1.165, 1.54) is 0 Å². The second-order valence-corrected chi connectivity index (χ2v) is 3.48. The average molecular weight is 235 g/mol. The van der Waals surface area contributed by atoms with Crippen LogP contribution in [-0.2, 0) is 0 Å². The van der Waals surface area contributed by atoms with Crippen LogP contribution < -0.4 is 5.32 Å². The van der Waals surface area contributed by atoms with E-state index in [-0.39, 0.29) is 5.28 Å². The van der Waals surface area contributed by atoms with Gasteiger partial charge in [-0.15, -0.1) is 0 Å². The maximum absolute atomic E-state index is 5.82. The Kier molecular flexibility index (Phi) is 2.00. The Morgan fingerprint density at radius 2 is 2.25 bits per heavy atom. The first-order valence-corrected chi connectivity index (χ1v) is 4.98. The van der Waals surface area contributed by atoms with Crippen LogP contribution in [0.1, 0.15) is 0 Å². The molecule has 0 aliphatic carbocycles. The van der Waals surface area contributed by atoms with Gasteiger partial charge >= 0.3 is 0 Å². The minimum absolute atomic E-state index is 0.198. The van der Waals surface area contributed by atoms with Crippen molar-refractivity contribution in [1.29, 1.82) is 0 Å². The van der Waals surface area contributed by atoms with E-state index >= 15 is 0 Å². The van der Waals surface area contributed by atoms with Gasteiger partial charge in [-0.3, -0.25) is 9.50 Å². The number of nitrogens with one attached hydrogen (secondary N) is 2. The van der Waals surface area contributed by atoms with E-state index in [1.807, 2.05) is 18.3 Å². The van der Waals surface area contributed by atoms with Crippen LogP contribution in [0.2, 0.25) is 5.28 Å². The molecule has 0 spiro atoms. The van der Waals surface area contributed by atoms with Crippen LogP contribution in [0.15, 0.2) is 30.6 Å². The lowest BCUT2D eigenvalue weighted by Crippen LogP contribution is -2.02. The summed E-state index contributed by atoms with van der Waals surface area (Å²) in [4.78, 5) is 8.18. The monoisotopic (exact) mass is 234 g/mol. The predicted molar refractivity (Wildman–Crippen MR) is 59.9 cm³/mol. The van der Waals surface area contributed by atoms with E-state index in [1.54, 1.807) is 16.7 Å². The van der Waals surface area contributed by atoms with Crippen molar-refractivity contribution in [1.82, 2.24) is 24.6 Å². The fourth-order valence-corrected chi connectivity index (χ4v) is 1.60. The van der Waals surface area contributed by atoms with Crippen molar-refractivity contribution in [2.75, 3.05) is 5.32 Å². The van der Waals surface area contributed by atoms with Crippen LogP contribution in [0.4, 0.5) is 11.8 Å². The molecule has 16 heavy (non-hydrogen) atoms. The zero-order valence-corrected chi connectivity index (χ0v) is 8.81. The molecule has 0 unspecified atom stereocenters. The molecule has 80 valence electrons. The zero-order chi connectivity index (χ0) is 11.0. The molecule has 0 aromatic carbocycles. The van der Waals surface area contributed by atoms with Gasteiger partial charge in [0.2, 0.25) is 11.2 Å². The molecular weight excluding hydrogens is 228 g/mol. The highest BCUT2D eigenvalue weighted by Crippen LogP contribution is 2.16. The molecule has 3 rings (SSSR count). The van der Waals surface area contributed by atoms with Gasteiger partial charge in [0, 0.05) is 18.5 Å². The molecule has 0 fully saturated rings. The normalized spacial score (nSPS) is 10.8. The third-order valence-corrected chi connectivity index (χ3v) is 2.27. The number of rotatable bonds is 2. The molecule has 3 heterocycles. The third kappa shape index (κ3) is 1.49. The Bertz CT molecular complexity index is 614. The first-order valence-electron chi connectivity index (χ1n) is 4.60. The predicted octanol–water partition coefficient (Wildman–Crippen LogP) is 1.85. The van der Waals surface area contributed by atoms with Crippen LogP contribution in [-0.4, -0.2) is 24.6 Å². The van der Waals surface area contributed by atoms with Gasteiger partial charge in [0.05, 0.1) is 0 Å². The summed E-state index contributed by atoms with van der Waals surface area (Å²) >= 11 is 5.82. The molecule has 0 amide bonds. The lowest BCUT2D eigenvalue weighted by atomic mass is 10.6. The number of aromatic nitrogens is 5. The van der Waals surface area contributed by atoms with Crippen LogP contribution in [0.5, 0.6) is 0 Å². The fraction of sp³-hybridized carbons (Fsp3) is 0. The van der Waals surface area contributed by atoms with Gasteiger partial charge < -0.3 is 5.32 Å². The molecule has 0 radical (unpaired) electrons. The second-order valence-electron chi connectivity index (χ2n) is 3.14. The van der Waals surface area contributed by atoms with Gasteiger partial charge in [0.1, 0.15) is 5.65 Å². The highest BCUT2D eigenvalue weighted by Gasteiger charge is 2.06. The van der Waals surface area contributed by atoms with E-state index in [0.717, 1.165) is 5.65 Å². The molecular formula is C9H7ClN6. The summed E-state index contributed by atoms with van der Waals surface area (Å²) < 4.78 is 1.79. The Morgan fingerprint density at radius 3 is 3.06 bits per heavy atom. The maximum atomic E-state index is 5.82. The van der Waals surface area contributed by atoms with Crippen molar-refractivity contribution in [3.05, 3.63) is 35.9 Å². The second kappa shape index (κ2) is 3.49. The number of hydrogen-bond donors (Lipinski definition) is 2. The largest absolute Gasteiger partial charge is 0.308 e. The maximum Gasteiger partial charge on any atom is 0.227 e. The summed E-state index contributed by atoms with van der Waals surface area (Å²) in [6.45, 7) is 0. The lowest BCUT2D eigenvalue weighted by Gasteiger charge is -2.05. The summed E-state index contributed by atoms with van der Waals surface area (Å²) in [5, 5.41) is 9.93. The topological polar surface area (TPSA) is 70.9 Å². The van der Waals surface area contributed by atoms with E-state index in [9.17, 15) is 0 Å². The van der Waals surface area contributed by atoms with Crippen LogP contribution in [0, 0.1) is 0 Å². The Labute approximate surface area is 95.3 Å². The highest BCUT2D eigenvalue weighted by molar-refractivity contribution is 6.28. The molecule has 2 N–H and O–H groups in total. The molecule has 0 atom stereocenters. The Balaban J connectivity index is 2.11. The first kappa shape index (κ1) is 9.17. The first-order chi connectivity index (χ1) is 7.83. The molecule has 7 heteroatoms. The van der Waals surface area contributed by atoms with Crippen molar-refractivity contribution < 1.29 is 0 Å². The summed E-state index contributed by atoms with van der Waals surface area (Å²) in [5.74, 6) is 1.25. The highest BCUT2D eigenvalue weighted by atomic mass is 35.5. The van der Waals surface area contributed by atoms with Crippen molar-refractivity contribution >= 4 is 29.0 Å². The van der Waals surface area contributed by atoms with Crippen LogP contribution >= 0.6 is 11.6 Å². The molecule has 0 aliphatic rings. The molecule has 6 nitrogen and oxygen atoms in total. The number of halogens is 1. The van der Waals surface area contributed by atoms with E-state index in [4.69, 9.17) is 11.6 Å². The molecule has 0 bridgehead atoms. The number of fused-ring (bicyclic) bond motifs is 1. The zero-order valence-electron chi connectivity index (χ0n) is 8.05. The number of anilines is 2. The Hall–Kier alpha value is -2.08. The summed E-state index contributed by atoms with van der Waals surface area (Å²) in [5.41, 5.74) is 0.734. The Morgan fingerprint density at radius 1 is 1.31 bits per heavy atom. The number of hydrogen-bond acceptors (Lipinski definition) is 4. The smallest absolute Gasteiger partial charge is 0.227 e. The van der Waals surface area contributed by atoms with Crippen molar-refractivity contribution in [2.24, 2.45) is 0 Å². The molecule has 0 saturated carbocycles. The summed E-state index contributed by atoms with van der Waals surface area (Å²) in [6.07, 6.45) is 3.57. The minimum Gasteiger partial charge on any atom is -0.308 e. The summed E-state index contributed by atoms with van der Waals surface area (Å²) in [7, 11) is 0. The van der Waals surface area contributed by atoms with Crippen molar-refractivity contribution in [2.45, 2.75) is 0 Å². The fourth-order valence-electron chi connectivity index (χ4n) is 1.44. The van der Waals surface area contributed by atoms with E-state index in [2.05, 4.69) is 25.5 Å². The van der Waals surface area contributed by atoms with Gasteiger partial charge in [-0.2, -0.15) is 15.1 Å². The van der Waals surface area contributed by atoms with Crippen molar-refractivity contribution in [3.63, 3.8) is 0 Å². The van der Waals surface area contributed by atoms with Gasteiger partial charge in [-0.25, -0.2) is 0 Å². The third-order valence-electron chi connectivity index (χ3n) is 2.10. The van der Waals surface area contributed by atoms with Crippen LogP contribution in [0.3, 0.4) is 0 Å². The summed E-state index contributed by atoms with van der Waals surface area (Å²) in [6, 6.07) is 5.52. The minimum atomic E-state index is 0.198. The average Bonchev–Trinajstić information content (AvgIpc) is 2.87. The van der Waals surface area contributed by atoms with Gasteiger partial charge in [-0.1, -0.05) is 0 Å². The molecule has 3 aromatic rings. The number of H-pyrrole nitrogens is 1. The standard InChI is InChI=1S/C9H7ClN6/c10-8-13-7-2-1-5-16(7)9(14-8)12-6-3-4-11-15-6/h1-5H,(H2,11,12,13,14,15). The molecule has 0 aliphatic heterocycles. The van der Waals surface area contributed by atoms with E-state index in [0.29, 0.717) is 11.8 Å². The number of nitrogens with zero attached hydrogens (tertiary/aromatic N) is 4. The van der Waals surface area contributed by atoms with Gasteiger partial charge in [0.15, 0.2) is 5.82 Å². The van der Waals surface area contributed by atoms with Crippen LogP contribution in [0.25, 0.3) is 5.65 Å². The quantitative estimate of drug-likeness (QED) is 0.710. The van der Waals surface area contributed by atoms with E-state index < -0.39 is 0 Å². The molecule has 3 aromatic heterocycles. The molecule has 0 saturated heterocycles.